The number of aryl methyl sites for hydroxylation is 2. The van der Waals surface area contributed by atoms with E-state index in [0.717, 1.165) is 66.8 Å². The molecule has 0 amide bonds. The maximum absolute atomic E-state index is 12.8. The zero-order valence-electron chi connectivity index (χ0n) is 20.4. The Hall–Kier alpha value is -2.73. The van der Waals surface area contributed by atoms with Crippen LogP contribution >= 0.6 is 0 Å². The lowest BCUT2D eigenvalue weighted by molar-refractivity contribution is -0.123. The third kappa shape index (κ3) is 5.49. The average molecular weight is 460 g/mol. The van der Waals surface area contributed by atoms with Crippen molar-refractivity contribution in [1.29, 1.82) is 0 Å². The van der Waals surface area contributed by atoms with Crippen LogP contribution in [0.1, 0.15) is 61.8 Å². The van der Waals surface area contributed by atoms with E-state index in [9.17, 15) is 4.79 Å². The molecule has 0 radical (unpaired) electrons. The van der Waals surface area contributed by atoms with Gasteiger partial charge in [0, 0.05) is 30.3 Å². The van der Waals surface area contributed by atoms with E-state index in [2.05, 4.69) is 56.7 Å². The van der Waals surface area contributed by atoms with E-state index < -0.39 is 0 Å². The van der Waals surface area contributed by atoms with Crippen LogP contribution in [0, 0.1) is 5.92 Å². The number of likely N-dealkylation sites (tertiary alicyclic amines) is 1. The van der Waals surface area contributed by atoms with Gasteiger partial charge in [-0.05, 0) is 75.9 Å². The zero-order chi connectivity index (χ0) is 23.3. The van der Waals surface area contributed by atoms with Crippen molar-refractivity contribution in [2.45, 2.75) is 70.3 Å². The normalized spacial score (nSPS) is 18.4. The molecule has 2 fully saturated rings. The molecule has 1 saturated heterocycles. The van der Waals surface area contributed by atoms with Crippen LogP contribution in [0.25, 0.3) is 10.9 Å². The van der Waals surface area contributed by atoms with Crippen LogP contribution in [0.15, 0.2) is 36.5 Å². The standard InChI is InChI=1S/C28H37N5O/c1-33-16-13-22(14-17-33)26(34)19-21-7-5-6-20(18-21)10-11-24-27-25(32-31-24)12-15-29-28(27)30-23-8-3-2-4-9-23/h5-7,12,15,18,22-23H,2-4,8-11,13-14,16-17,19H2,1H3,(H,29,30)(H,31,32). The number of H-pyrrole nitrogens is 1. The van der Waals surface area contributed by atoms with Crippen LogP contribution in [0.5, 0.6) is 0 Å². The fourth-order valence-corrected chi connectivity index (χ4v) is 5.60. The molecule has 2 aliphatic rings. The summed E-state index contributed by atoms with van der Waals surface area (Å²) in [5, 5.41) is 12.6. The minimum absolute atomic E-state index is 0.221. The predicted octanol–water partition coefficient (Wildman–Crippen LogP) is 4.94. The van der Waals surface area contributed by atoms with Crippen LogP contribution in [0.3, 0.4) is 0 Å². The molecule has 34 heavy (non-hydrogen) atoms. The molecule has 0 unspecified atom stereocenters. The van der Waals surface area contributed by atoms with Crippen LogP contribution in [-0.2, 0) is 24.1 Å². The van der Waals surface area contributed by atoms with Crippen LogP contribution in [-0.4, -0.2) is 52.0 Å². The summed E-state index contributed by atoms with van der Waals surface area (Å²) in [7, 11) is 2.14. The number of aromatic amines is 1. The number of anilines is 1. The zero-order valence-corrected chi connectivity index (χ0v) is 20.4. The number of fused-ring (bicyclic) bond motifs is 1. The lowest BCUT2D eigenvalue weighted by Gasteiger charge is -2.28. The number of aromatic nitrogens is 3. The van der Waals surface area contributed by atoms with Gasteiger partial charge in [0.25, 0.3) is 0 Å². The Kier molecular flexibility index (Phi) is 7.24. The average Bonchev–Trinajstić information content (AvgIpc) is 3.28. The molecule has 0 atom stereocenters. The van der Waals surface area contributed by atoms with Gasteiger partial charge in [0.15, 0.2) is 0 Å². The number of hydrogen-bond acceptors (Lipinski definition) is 5. The number of carbonyl (C=O) groups is 1. The van der Waals surface area contributed by atoms with Gasteiger partial charge in [-0.1, -0.05) is 43.5 Å². The third-order valence-corrected chi connectivity index (χ3v) is 7.70. The van der Waals surface area contributed by atoms with Crippen LogP contribution < -0.4 is 5.32 Å². The van der Waals surface area contributed by atoms with E-state index in [-0.39, 0.29) is 5.92 Å². The van der Waals surface area contributed by atoms with E-state index in [0.29, 0.717) is 18.2 Å². The summed E-state index contributed by atoms with van der Waals surface area (Å²) in [5.41, 5.74) is 4.51. The van der Waals surface area contributed by atoms with Gasteiger partial charge < -0.3 is 10.2 Å². The minimum atomic E-state index is 0.221. The fourth-order valence-electron chi connectivity index (χ4n) is 5.60. The molecule has 0 bridgehead atoms. The molecule has 6 nitrogen and oxygen atoms in total. The van der Waals surface area contributed by atoms with Crippen molar-refractivity contribution in [2.24, 2.45) is 5.92 Å². The molecule has 1 aliphatic heterocycles. The summed E-state index contributed by atoms with van der Waals surface area (Å²) < 4.78 is 0. The van der Waals surface area contributed by atoms with Crippen molar-refractivity contribution >= 4 is 22.5 Å². The van der Waals surface area contributed by atoms with Gasteiger partial charge in [-0.25, -0.2) is 4.98 Å². The van der Waals surface area contributed by atoms with Crippen molar-refractivity contribution in [2.75, 3.05) is 25.5 Å². The fraction of sp³-hybridized carbons (Fsp3) is 0.536. The molecule has 3 aromatic rings. The van der Waals surface area contributed by atoms with E-state index in [1.165, 1.54) is 37.7 Å². The highest BCUT2D eigenvalue weighted by molar-refractivity contribution is 5.91. The van der Waals surface area contributed by atoms with Crippen molar-refractivity contribution in [1.82, 2.24) is 20.1 Å². The number of pyridine rings is 1. The van der Waals surface area contributed by atoms with Gasteiger partial charge in [0.2, 0.25) is 0 Å². The summed E-state index contributed by atoms with van der Waals surface area (Å²) in [6.45, 7) is 2.06. The Labute approximate surface area is 202 Å². The monoisotopic (exact) mass is 459 g/mol. The molecular formula is C28H37N5O. The van der Waals surface area contributed by atoms with E-state index in [1.54, 1.807) is 0 Å². The number of nitrogens with one attached hydrogen (secondary N) is 2. The minimum Gasteiger partial charge on any atom is -0.367 e. The lowest BCUT2D eigenvalue weighted by atomic mass is 9.89. The highest BCUT2D eigenvalue weighted by Crippen LogP contribution is 2.28. The molecule has 1 saturated carbocycles. The lowest BCUT2D eigenvalue weighted by Crippen LogP contribution is -2.34. The number of benzene rings is 1. The maximum atomic E-state index is 12.8. The molecule has 2 N–H and O–H groups in total. The second-order valence-corrected chi connectivity index (χ2v) is 10.3. The molecule has 5 rings (SSSR count). The number of hydrogen-bond donors (Lipinski definition) is 2. The number of piperidine rings is 1. The summed E-state index contributed by atoms with van der Waals surface area (Å²) in [6, 6.07) is 11.1. The quantitative estimate of drug-likeness (QED) is 0.499. The van der Waals surface area contributed by atoms with Crippen LogP contribution in [0.2, 0.25) is 0 Å². The number of nitrogens with zero attached hydrogens (tertiary/aromatic N) is 3. The summed E-state index contributed by atoms with van der Waals surface area (Å²) in [4.78, 5) is 19.8. The molecule has 1 aliphatic carbocycles. The summed E-state index contributed by atoms with van der Waals surface area (Å²) in [6.07, 6.45) is 12.5. The van der Waals surface area contributed by atoms with Gasteiger partial charge in [0.1, 0.15) is 11.6 Å². The summed E-state index contributed by atoms with van der Waals surface area (Å²) in [5.74, 6) is 1.58. The molecule has 1 aromatic carbocycles. The van der Waals surface area contributed by atoms with Crippen molar-refractivity contribution < 1.29 is 4.79 Å². The molecule has 0 spiro atoms. The first kappa shape index (κ1) is 23.0. The highest BCUT2D eigenvalue weighted by Gasteiger charge is 2.23. The Morgan fingerprint density at radius 3 is 2.68 bits per heavy atom. The number of carbonyl (C=O) groups excluding carboxylic acids is 1. The molecule has 3 heterocycles. The molecule has 180 valence electrons. The van der Waals surface area contributed by atoms with Gasteiger partial charge in [0.05, 0.1) is 10.9 Å². The largest absolute Gasteiger partial charge is 0.367 e. The Bertz CT molecular complexity index is 1110. The Balaban J connectivity index is 1.24. The van der Waals surface area contributed by atoms with Gasteiger partial charge in [-0.2, -0.15) is 5.10 Å². The first-order chi connectivity index (χ1) is 16.7. The smallest absolute Gasteiger partial charge is 0.140 e. The number of ketones is 1. The second kappa shape index (κ2) is 10.7. The van der Waals surface area contributed by atoms with Gasteiger partial charge in [-0.15, -0.1) is 0 Å². The maximum Gasteiger partial charge on any atom is 0.140 e. The second-order valence-electron chi connectivity index (χ2n) is 10.3. The van der Waals surface area contributed by atoms with Crippen LogP contribution in [0.4, 0.5) is 5.82 Å². The molecule has 6 heteroatoms. The first-order valence-electron chi connectivity index (χ1n) is 13.0. The van der Waals surface area contributed by atoms with Crippen molar-refractivity contribution in [3.05, 3.63) is 53.3 Å². The highest BCUT2D eigenvalue weighted by atomic mass is 16.1. The first-order valence-corrected chi connectivity index (χ1v) is 13.0. The molecule has 2 aromatic heterocycles. The van der Waals surface area contributed by atoms with E-state index >= 15 is 0 Å². The Morgan fingerprint density at radius 2 is 1.85 bits per heavy atom. The molecular weight excluding hydrogens is 422 g/mol. The summed E-state index contributed by atoms with van der Waals surface area (Å²) >= 11 is 0. The topological polar surface area (TPSA) is 73.9 Å². The van der Waals surface area contributed by atoms with Crippen molar-refractivity contribution in [3.8, 4) is 0 Å². The van der Waals surface area contributed by atoms with Gasteiger partial charge in [-0.3, -0.25) is 9.89 Å². The van der Waals surface area contributed by atoms with E-state index in [1.807, 2.05) is 12.3 Å². The third-order valence-electron chi connectivity index (χ3n) is 7.70. The predicted molar refractivity (Wildman–Crippen MR) is 137 cm³/mol. The van der Waals surface area contributed by atoms with Crippen molar-refractivity contribution in [3.63, 3.8) is 0 Å². The SMILES string of the molecule is CN1CCC(C(=O)Cc2cccc(CCc3[nH]nc4ccnc(NC5CCCCC5)c34)c2)CC1. The van der Waals surface area contributed by atoms with Gasteiger partial charge >= 0.3 is 0 Å². The Morgan fingerprint density at radius 1 is 1.06 bits per heavy atom. The number of rotatable bonds is 8. The number of Topliss-reactive ketones (excluding diaryl/α,β-unsaturated/α-hetero) is 1. The van der Waals surface area contributed by atoms with E-state index in [4.69, 9.17) is 0 Å².